The number of nitrogens with one attached hydrogen (secondary N) is 1. The van der Waals surface area contributed by atoms with Gasteiger partial charge in [0.25, 0.3) is 0 Å². The zero-order chi connectivity index (χ0) is 7.94. The van der Waals surface area contributed by atoms with Crippen molar-refractivity contribution in [1.29, 1.82) is 0 Å². The average Bonchev–Trinajstić information content (AvgIpc) is 2.07. The first-order valence-corrected chi connectivity index (χ1v) is 5.23. The molecule has 0 aromatic heterocycles. The fourth-order valence-electron chi connectivity index (χ4n) is 1.31. The van der Waals surface area contributed by atoms with Gasteiger partial charge in [-0.2, -0.15) is 0 Å². The van der Waals surface area contributed by atoms with E-state index in [1.807, 2.05) is 0 Å². The van der Waals surface area contributed by atoms with Gasteiger partial charge in [0.05, 0.1) is 0 Å². The van der Waals surface area contributed by atoms with E-state index in [1.54, 1.807) is 0 Å². The molecule has 4 heteroatoms. The van der Waals surface area contributed by atoms with E-state index in [-0.39, 0.29) is 0 Å². The van der Waals surface area contributed by atoms with E-state index in [0.29, 0.717) is 0 Å². The lowest BCUT2D eigenvalue weighted by Gasteiger charge is -2.26. The van der Waals surface area contributed by atoms with E-state index < -0.39 is 0 Å². The summed E-state index contributed by atoms with van der Waals surface area (Å²) in [5, 5.41) is 8.66. The van der Waals surface area contributed by atoms with Crippen molar-refractivity contribution < 1.29 is 0 Å². The number of nitrogens with two attached hydrogens (primary N) is 1. The SMILES string of the molecule is NSCCCN1CCNCC1. The minimum atomic E-state index is 1.09. The molecule has 3 N–H and O–H groups in total. The largest absolute Gasteiger partial charge is 0.314 e. The topological polar surface area (TPSA) is 41.3 Å². The Morgan fingerprint density at radius 3 is 2.73 bits per heavy atom. The van der Waals surface area contributed by atoms with Crippen LogP contribution in [0.4, 0.5) is 0 Å². The fourth-order valence-corrected chi connectivity index (χ4v) is 1.60. The zero-order valence-electron chi connectivity index (χ0n) is 6.88. The van der Waals surface area contributed by atoms with Crippen molar-refractivity contribution in [3.8, 4) is 0 Å². The van der Waals surface area contributed by atoms with Crippen molar-refractivity contribution in [2.75, 3.05) is 38.5 Å². The Bertz CT molecular complexity index is 93.7. The predicted molar refractivity (Wildman–Crippen MR) is 50.6 cm³/mol. The molecule has 1 aliphatic heterocycles. The maximum absolute atomic E-state index is 5.33. The van der Waals surface area contributed by atoms with Crippen molar-refractivity contribution in [2.45, 2.75) is 6.42 Å². The molecule has 1 fully saturated rings. The van der Waals surface area contributed by atoms with E-state index in [2.05, 4.69) is 10.2 Å². The van der Waals surface area contributed by atoms with Gasteiger partial charge < -0.3 is 10.2 Å². The third-order valence-electron chi connectivity index (χ3n) is 1.95. The van der Waals surface area contributed by atoms with Crippen LogP contribution in [0, 0.1) is 0 Å². The van der Waals surface area contributed by atoms with Crippen LogP contribution in [0.1, 0.15) is 6.42 Å². The molecule has 66 valence electrons. The molecule has 0 bridgehead atoms. The molecule has 0 saturated carbocycles. The first kappa shape index (κ1) is 9.32. The minimum absolute atomic E-state index is 1.09. The van der Waals surface area contributed by atoms with Crippen LogP contribution in [0.25, 0.3) is 0 Å². The van der Waals surface area contributed by atoms with Gasteiger partial charge in [-0.15, -0.1) is 0 Å². The molecule has 1 rings (SSSR count). The summed E-state index contributed by atoms with van der Waals surface area (Å²) in [6.45, 7) is 5.92. The molecule has 0 aromatic rings. The van der Waals surface area contributed by atoms with Gasteiger partial charge in [0.1, 0.15) is 0 Å². The highest BCUT2D eigenvalue weighted by Crippen LogP contribution is 1.97. The maximum Gasteiger partial charge on any atom is 0.0107 e. The summed E-state index contributed by atoms with van der Waals surface area (Å²) < 4.78 is 0. The summed E-state index contributed by atoms with van der Waals surface area (Å²) in [7, 11) is 0. The normalized spacial score (nSPS) is 20.5. The monoisotopic (exact) mass is 175 g/mol. The van der Waals surface area contributed by atoms with E-state index in [9.17, 15) is 0 Å². The van der Waals surface area contributed by atoms with Crippen LogP contribution in [0.2, 0.25) is 0 Å². The van der Waals surface area contributed by atoms with E-state index in [4.69, 9.17) is 5.14 Å². The smallest absolute Gasteiger partial charge is 0.0107 e. The molecule has 0 aromatic carbocycles. The molecule has 1 saturated heterocycles. The van der Waals surface area contributed by atoms with Gasteiger partial charge in [-0.3, -0.25) is 5.14 Å². The minimum Gasteiger partial charge on any atom is -0.314 e. The Morgan fingerprint density at radius 1 is 1.36 bits per heavy atom. The van der Waals surface area contributed by atoms with Crippen LogP contribution in [0.5, 0.6) is 0 Å². The summed E-state index contributed by atoms with van der Waals surface area (Å²) in [5.41, 5.74) is 0. The second kappa shape index (κ2) is 5.83. The summed E-state index contributed by atoms with van der Waals surface area (Å²) >= 11 is 1.45. The van der Waals surface area contributed by atoms with Crippen molar-refractivity contribution in [3.63, 3.8) is 0 Å². The fraction of sp³-hybridized carbons (Fsp3) is 1.00. The lowest BCUT2D eigenvalue weighted by Crippen LogP contribution is -2.43. The van der Waals surface area contributed by atoms with Gasteiger partial charge in [0, 0.05) is 31.9 Å². The van der Waals surface area contributed by atoms with Crippen LogP contribution in [-0.2, 0) is 0 Å². The highest BCUT2D eigenvalue weighted by atomic mass is 32.2. The number of hydrogen-bond donors (Lipinski definition) is 2. The van der Waals surface area contributed by atoms with Crippen molar-refractivity contribution in [1.82, 2.24) is 10.2 Å². The molecular weight excluding hydrogens is 158 g/mol. The third kappa shape index (κ3) is 3.96. The Kier molecular flexibility index (Phi) is 4.94. The highest BCUT2D eigenvalue weighted by molar-refractivity contribution is 7.97. The first-order valence-electron chi connectivity index (χ1n) is 4.18. The number of rotatable bonds is 4. The Labute approximate surface area is 72.8 Å². The average molecular weight is 175 g/mol. The summed E-state index contributed by atoms with van der Waals surface area (Å²) in [6.07, 6.45) is 1.22. The first-order chi connectivity index (χ1) is 5.43. The molecule has 1 heterocycles. The highest BCUT2D eigenvalue weighted by Gasteiger charge is 2.07. The summed E-state index contributed by atoms with van der Waals surface area (Å²) in [4.78, 5) is 2.49. The lowest BCUT2D eigenvalue weighted by atomic mass is 10.3. The van der Waals surface area contributed by atoms with Crippen molar-refractivity contribution >= 4 is 11.9 Å². The molecular formula is C7H17N3S. The summed E-state index contributed by atoms with van der Waals surface area (Å²) in [5.74, 6) is 1.09. The van der Waals surface area contributed by atoms with Crippen molar-refractivity contribution in [3.05, 3.63) is 0 Å². The molecule has 0 atom stereocenters. The quantitative estimate of drug-likeness (QED) is 0.462. The van der Waals surface area contributed by atoms with E-state index >= 15 is 0 Å². The molecule has 0 aliphatic carbocycles. The lowest BCUT2D eigenvalue weighted by molar-refractivity contribution is 0.242. The second-order valence-corrected chi connectivity index (χ2v) is 3.56. The van der Waals surface area contributed by atoms with Gasteiger partial charge in [-0.1, -0.05) is 11.9 Å². The van der Waals surface area contributed by atoms with Gasteiger partial charge in [-0.05, 0) is 13.0 Å². The standard InChI is InChI=1S/C7H17N3S/c8-11-7-1-4-10-5-2-9-3-6-10/h9H,1-8H2. The summed E-state index contributed by atoms with van der Waals surface area (Å²) in [6, 6.07) is 0. The molecule has 11 heavy (non-hydrogen) atoms. The van der Waals surface area contributed by atoms with Gasteiger partial charge >= 0.3 is 0 Å². The van der Waals surface area contributed by atoms with Gasteiger partial charge in [-0.25, -0.2) is 0 Å². The predicted octanol–water partition coefficient (Wildman–Crippen LogP) is -0.111. The van der Waals surface area contributed by atoms with Crippen LogP contribution < -0.4 is 10.5 Å². The van der Waals surface area contributed by atoms with Gasteiger partial charge in [0.2, 0.25) is 0 Å². The molecule has 3 nitrogen and oxygen atoms in total. The second-order valence-electron chi connectivity index (χ2n) is 2.82. The molecule has 0 spiro atoms. The van der Waals surface area contributed by atoms with E-state index in [0.717, 1.165) is 18.8 Å². The number of piperazine rings is 1. The Hall–Kier alpha value is 0.230. The molecule has 0 amide bonds. The Morgan fingerprint density at radius 2 is 2.09 bits per heavy atom. The third-order valence-corrected chi connectivity index (χ3v) is 2.47. The van der Waals surface area contributed by atoms with Crippen LogP contribution >= 0.6 is 11.9 Å². The maximum atomic E-state index is 5.33. The number of nitrogens with zero attached hydrogens (tertiary/aromatic N) is 1. The van der Waals surface area contributed by atoms with Gasteiger partial charge in [0.15, 0.2) is 0 Å². The van der Waals surface area contributed by atoms with E-state index in [1.165, 1.54) is 38.0 Å². The molecule has 0 radical (unpaired) electrons. The van der Waals surface area contributed by atoms with Crippen molar-refractivity contribution in [2.24, 2.45) is 5.14 Å². The number of hydrogen-bond acceptors (Lipinski definition) is 4. The van der Waals surface area contributed by atoms with Crippen LogP contribution in [0.15, 0.2) is 0 Å². The van der Waals surface area contributed by atoms with Crippen LogP contribution in [0.3, 0.4) is 0 Å². The zero-order valence-corrected chi connectivity index (χ0v) is 7.70. The Balaban J connectivity index is 1.96. The molecule has 0 unspecified atom stereocenters. The van der Waals surface area contributed by atoms with Crippen LogP contribution in [-0.4, -0.2) is 43.4 Å². The molecule has 1 aliphatic rings.